The monoisotopic (exact) mass is 267 g/mol. The average Bonchev–Trinajstić information content (AvgIpc) is 2.91. The molecule has 0 fully saturated rings. The zero-order chi connectivity index (χ0) is 14.1. The Hall–Kier alpha value is -2.82. The van der Waals surface area contributed by atoms with Crippen LogP contribution in [0.15, 0.2) is 48.7 Å². The van der Waals surface area contributed by atoms with Crippen LogP contribution in [0.3, 0.4) is 0 Å². The summed E-state index contributed by atoms with van der Waals surface area (Å²) in [5.74, 6) is -0.0177. The summed E-state index contributed by atoms with van der Waals surface area (Å²) in [6.45, 7) is 0. The summed E-state index contributed by atoms with van der Waals surface area (Å²) in [6.07, 6.45) is 1.45. The molecule has 5 heteroatoms. The minimum atomic E-state index is -0.539. The lowest BCUT2D eigenvalue weighted by molar-refractivity contribution is 0.0994. The Morgan fingerprint density at radius 1 is 1.20 bits per heavy atom. The predicted molar refractivity (Wildman–Crippen MR) is 75.7 cm³/mol. The van der Waals surface area contributed by atoms with E-state index in [0.717, 1.165) is 11.1 Å². The molecule has 0 aliphatic carbocycles. The number of nitrogens with zero attached hydrogens (tertiary/aromatic N) is 2. The molecule has 3 aromatic rings. The van der Waals surface area contributed by atoms with Crippen LogP contribution >= 0.6 is 0 Å². The van der Waals surface area contributed by atoms with Gasteiger partial charge in [-0.15, -0.1) is 0 Å². The van der Waals surface area contributed by atoms with Crippen molar-refractivity contribution in [2.75, 3.05) is 7.11 Å². The fourth-order valence-electron chi connectivity index (χ4n) is 2.20. The quantitative estimate of drug-likeness (QED) is 0.790. The molecule has 1 amide bonds. The molecule has 20 heavy (non-hydrogen) atoms. The number of carbonyl (C=O) groups excluding carboxylic acids is 1. The molecule has 0 aliphatic heterocycles. The number of hydrogen-bond donors (Lipinski definition) is 1. The Morgan fingerprint density at radius 2 is 1.95 bits per heavy atom. The van der Waals surface area contributed by atoms with Gasteiger partial charge in [-0.3, -0.25) is 9.20 Å². The first-order valence-corrected chi connectivity index (χ1v) is 6.11. The Labute approximate surface area is 115 Å². The fourth-order valence-corrected chi connectivity index (χ4v) is 2.20. The molecule has 0 spiro atoms. The molecular formula is C15H13N3O2. The van der Waals surface area contributed by atoms with Crippen molar-refractivity contribution < 1.29 is 9.53 Å². The Bertz CT molecular complexity index is 778. The number of nitrogens with two attached hydrogens (primary N) is 1. The summed E-state index contributed by atoms with van der Waals surface area (Å²) in [5.41, 5.74) is 8.29. The summed E-state index contributed by atoms with van der Waals surface area (Å²) in [6, 6.07) is 13.6. The topological polar surface area (TPSA) is 69.6 Å². The van der Waals surface area contributed by atoms with Crippen molar-refractivity contribution >= 4 is 11.6 Å². The number of carbonyl (C=O) groups is 1. The van der Waals surface area contributed by atoms with Gasteiger partial charge in [-0.25, -0.2) is 4.98 Å². The second kappa shape index (κ2) is 4.70. The number of benzene rings is 1. The molecule has 0 radical (unpaired) electrons. The summed E-state index contributed by atoms with van der Waals surface area (Å²) in [4.78, 5) is 15.6. The summed E-state index contributed by atoms with van der Waals surface area (Å²) in [5, 5.41) is 0. The molecule has 1 aromatic carbocycles. The molecule has 2 aromatic heterocycles. The first-order chi connectivity index (χ1) is 9.70. The van der Waals surface area contributed by atoms with Gasteiger partial charge >= 0.3 is 0 Å². The lowest BCUT2D eigenvalue weighted by Crippen LogP contribution is -2.14. The van der Waals surface area contributed by atoms with Crippen LogP contribution in [0.1, 0.15) is 10.5 Å². The van der Waals surface area contributed by atoms with Crippen LogP contribution < -0.4 is 10.5 Å². The van der Waals surface area contributed by atoms with Gasteiger partial charge in [-0.2, -0.15) is 0 Å². The molecule has 5 nitrogen and oxygen atoms in total. The zero-order valence-electron chi connectivity index (χ0n) is 10.9. The first-order valence-electron chi connectivity index (χ1n) is 6.11. The SMILES string of the molecule is COc1cc(-c2ccccc2)cc2ncc(C(N)=O)n12. The highest BCUT2D eigenvalue weighted by molar-refractivity contribution is 5.92. The number of pyridine rings is 1. The van der Waals surface area contributed by atoms with Gasteiger partial charge in [0.15, 0.2) is 5.88 Å². The highest BCUT2D eigenvalue weighted by atomic mass is 16.5. The number of rotatable bonds is 3. The number of amides is 1. The third kappa shape index (κ3) is 1.89. The number of fused-ring (bicyclic) bond motifs is 1. The van der Waals surface area contributed by atoms with Crippen LogP contribution in [0.4, 0.5) is 0 Å². The van der Waals surface area contributed by atoms with Gasteiger partial charge in [0.25, 0.3) is 5.91 Å². The Kier molecular flexibility index (Phi) is 2.87. The van der Waals surface area contributed by atoms with E-state index in [1.54, 1.807) is 11.5 Å². The van der Waals surface area contributed by atoms with Crippen molar-refractivity contribution in [1.82, 2.24) is 9.38 Å². The van der Waals surface area contributed by atoms with E-state index < -0.39 is 5.91 Å². The molecule has 0 aliphatic rings. The van der Waals surface area contributed by atoms with E-state index in [4.69, 9.17) is 10.5 Å². The van der Waals surface area contributed by atoms with Crippen molar-refractivity contribution in [3.05, 3.63) is 54.4 Å². The van der Waals surface area contributed by atoms with Crippen molar-refractivity contribution in [3.63, 3.8) is 0 Å². The molecule has 0 bridgehead atoms. The second-order valence-corrected chi connectivity index (χ2v) is 4.35. The van der Waals surface area contributed by atoms with E-state index in [1.165, 1.54) is 6.20 Å². The van der Waals surface area contributed by atoms with Gasteiger partial charge in [-0.1, -0.05) is 30.3 Å². The van der Waals surface area contributed by atoms with Gasteiger partial charge in [0.05, 0.1) is 13.3 Å². The number of methoxy groups -OCH3 is 1. The molecule has 100 valence electrons. The van der Waals surface area contributed by atoms with Crippen LogP contribution in [-0.4, -0.2) is 22.4 Å². The van der Waals surface area contributed by atoms with Crippen LogP contribution in [0.2, 0.25) is 0 Å². The van der Waals surface area contributed by atoms with Gasteiger partial charge in [-0.05, 0) is 17.2 Å². The van der Waals surface area contributed by atoms with Crippen molar-refractivity contribution in [1.29, 1.82) is 0 Å². The molecule has 3 rings (SSSR count). The number of hydrogen-bond acceptors (Lipinski definition) is 3. The second-order valence-electron chi connectivity index (χ2n) is 4.35. The molecular weight excluding hydrogens is 254 g/mol. The number of primary amides is 1. The third-order valence-corrected chi connectivity index (χ3v) is 3.14. The summed E-state index contributed by atoms with van der Waals surface area (Å²) < 4.78 is 6.96. The minimum Gasteiger partial charge on any atom is -0.482 e. The lowest BCUT2D eigenvalue weighted by atomic mass is 10.1. The van der Waals surface area contributed by atoms with E-state index in [1.807, 2.05) is 42.5 Å². The standard InChI is InChI=1S/C15H13N3O2/c1-20-14-8-11(10-5-3-2-4-6-10)7-13-17-9-12(15(16)19)18(13)14/h2-9H,1H3,(H2,16,19). The maximum atomic E-state index is 11.4. The molecule has 2 heterocycles. The van der Waals surface area contributed by atoms with Gasteiger partial charge in [0, 0.05) is 6.07 Å². The van der Waals surface area contributed by atoms with E-state index in [-0.39, 0.29) is 0 Å². The maximum Gasteiger partial charge on any atom is 0.267 e. The summed E-state index contributed by atoms with van der Waals surface area (Å²) >= 11 is 0. The Balaban J connectivity index is 2.27. The first kappa shape index (κ1) is 12.2. The van der Waals surface area contributed by atoms with Crippen LogP contribution in [0, 0.1) is 0 Å². The van der Waals surface area contributed by atoms with E-state index in [9.17, 15) is 4.79 Å². The van der Waals surface area contributed by atoms with Gasteiger partial charge < -0.3 is 10.5 Å². The van der Waals surface area contributed by atoms with Crippen molar-refractivity contribution in [3.8, 4) is 17.0 Å². The highest BCUT2D eigenvalue weighted by Gasteiger charge is 2.14. The molecule has 0 saturated carbocycles. The maximum absolute atomic E-state index is 11.4. The average molecular weight is 267 g/mol. The molecule has 0 atom stereocenters. The minimum absolute atomic E-state index is 0.302. The van der Waals surface area contributed by atoms with Crippen molar-refractivity contribution in [2.45, 2.75) is 0 Å². The van der Waals surface area contributed by atoms with Crippen molar-refractivity contribution in [2.24, 2.45) is 5.73 Å². The zero-order valence-corrected chi connectivity index (χ0v) is 10.9. The normalized spacial score (nSPS) is 10.7. The van der Waals surface area contributed by atoms with Crippen LogP contribution in [-0.2, 0) is 0 Å². The van der Waals surface area contributed by atoms with Gasteiger partial charge in [0.2, 0.25) is 0 Å². The third-order valence-electron chi connectivity index (χ3n) is 3.14. The van der Waals surface area contributed by atoms with E-state index in [2.05, 4.69) is 4.98 Å². The lowest BCUT2D eigenvalue weighted by Gasteiger charge is -2.09. The van der Waals surface area contributed by atoms with E-state index >= 15 is 0 Å². The largest absolute Gasteiger partial charge is 0.482 e. The predicted octanol–water partition coefficient (Wildman–Crippen LogP) is 2.11. The molecule has 0 unspecified atom stereocenters. The van der Waals surface area contributed by atoms with Crippen LogP contribution in [0.25, 0.3) is 16.8 Å². The van der Waals surface area contributed by atoms with E-state index in [0.29, 0.717) is 17.2 Å². The molecule has 2 N–H and O–H groups in total. The highest BCUT2D eigenvalue weighted by Crippen LogP contribution is 2.27. The van der Waals surface area contributed by atoms with Gasteiger partial charge in [0.1, 0.15) is 11.3 Å². The number of imidazole rings is 1. The molecule has 0 saturated heterocycles. The fraction of sp³-hybridized carbons (Fsp3) is 0.0667. The van der Waals surface area contributed by atoms with Crippen LogP contribution in [0.5, 0.6) is 5.88 Å². The smallest absolute Gasteiger partial charge is 0.267 e. The Morgan fingerprint density at radius 3 is 2.60 bits per heavy atom. The summed E-state index contributed by atoms with van der Waals surface area (Å²) in [7, 11) is 1.55. The number of ether oxygens (including phenoxy) is 1. The number of aromatic nitrogens is 2.